The number of nitrogens with zero attached hydrogens (tertiary/aromatic N) is 1. The van der Waals surface area contributed by atoms with Gasteiger partial charge in [0.2, 0.25) is 0 Å². The Morgan fingerprint density at radius 3 is 3.00 bits per heavy atom. The molecule has 0 aliphatic carbocycles. The van der Waals surface area contributed by atoms with Crippen LogP contribution in [0.2, 0.25) is 0 Å². The van der Waals surface area contributed by atoms with E-state index >= 15 is 0 Å². The lowest BCUT2D eigenvalue weighted by molar-refractivity contribution is -0.132. The van der Waals surface area contributed by atoms with Gasteiger partial charge in [-0.25, -0.2) is 4.79 Å². The minimum atomic E-state index is -0.367. The van der Waals surface area contributed by atoms with Gasteiger partial charge in [0.05, 0.1) is 19.3 Å². The lowest BCUT2D eigenvalue weighted by Crippen LogP contribution is -2.31. The van der Waals surface area contributed by atoms with Gasteiger partial charge in [0.1, 0.15) is 5.71 Å². The van der Waals surface area contributed by atoms with Crippen LogP contribution in [0, 0.1) is 5.92 Å². The van der Waals surface area contributed by atoms with Crippen LogP contribution < -0.4 is 0 Å². The molecule has 0 N–H and O–H groups in total. The lowest BCUT2D eigenvalue weighted by atomic mass is 9.90. The molecule has 0 aromatic carbocycles. The average Bonchev–Trinajstić information content (AvgIpc) is 2.81. The summed E-state index contributed by atoms with van der Waals surface area (Å²) in [7, 11) is 1.37. The summed E-state index contributed by atoms with van der Waals surface area (Å²) >= 11 is 0. The second kappa shape index (κ2) is 4.78. The van der Waals surface area contributed by atoms with Gasteiger partial charge in [-0.3, -0.25) is 4.99 Å². The Kier molecular flexibility index (Phi) is 3.39. The van der Waals surface area contributed by atoms with Gasteiger partial charge in [-0.1, -0.05) is 6.08 Å². The van der Waals surface area contributed by atoms with Crippen molar-refractivity contribution in [3.8, 4) is 0 Å². The van der Waals surface area contributed by atoms with Crippen LogP contribution in [-0.4, -0.2) is 37.5 Å². The Bertz CT molecular complexity index is 329. The molecule has 0 radical (unpaired) electrons. The molecule has 4 heteroatoms. The third-order valence-corrected chi connectivity index (χ3v) is 3.16. The highest BCUT2D eigenvalue weighted by Gasteiger charge is 2.31. The molecule has 0 amide bonds. The van der Waals surface area contributed by atoms with Crippen molar-refractivity contribution in [2.45, 2.75) is 31.9 Å². The van der Waals surface area contributed by atoms with Crippen molar-refractivity contribution in [2.75, 3.05) is 13.7 Å². The molecule has 2 heterocycles. The highest BCUT2D eigenvalue weighted by Crippen LogP contribution is 2.27. The number of hydrogen-bond donors (Lipinski definition) is 0. The first-order valence-corrected chi connectivity index (χ1v) is 5.68. The van der Waals surface area contributed by atoms with Gasteiger partial charge in [-0.15, -0.1) is 0 Å². The summed E-state index contributed by atoms with van der Waals surface area (Å²) in [5.41, 5.74) is 0.407. The smallest absolute Gasteiger partial charge is 0.356 e. The van der Waals surface area contributed by atoms with E-state index < -0.39 is 0 Å². The maximum absolute atomic E-state index is 11.3. The van der Waals surface area contributed by atoms with Crippen molar-refractivity contribution in [2.24, 2.45) is 10.9 Å². The predicted octanol–water partition coefficient (Wildman–Crippen LogP) is 1.35. The van der Waals surface area contributed by atoms with Gasteiger partial charge in [-0.2, -0.15) is 0 Å². The normalized spacial score (nSPS) is 33.6. The standard InChI is InChI=1S/C12H17NO3/c1-8-9(11-4-3-7-16-11)5-6-10(13-8)12(14)15-2/h5-6,8-9,11H,3-4,7H2,1-2H3. The molecule has 2 aliphatic heterocycles. The number of aliphatic imine (C=N–C) groups is 1. The summed E-state index contributed by atoms with van der Waals surface area (Å²) in [6.07, 6.45) is 6.24. The topological polar surface area (TPSA) is 47.9 Å². The monoisotopic (exact) mass is 223 g/mol. The van der Waals surface area contributed by atoms with E-state index in [4.69, 9.17) is 4.74 Å². The highest BCUT2D eigenvalue weighted by atomic mass is 16.5. The summed E-state index contributed by atoms with van der Waals surface area (Å²) < 4.78 is 10.3. The second-order valence-corrected chi connectivity index (χ2v) is 4.23. The molecule has 2 aliphatic rings. The number of ether oxygens (including phenoxy) is 2. The van der Waals surface area contributed by atoms with Gasteiger partial charge >= 0.3 is 5.97 Å². The van der Waals surface area contributed by atoms with E-state index in [-0.39, 0.29) is 24.0 Å². The fraction of sp³-hybridized carbons (Fsp3) is 0.667. The number of rotatable bonds is 2. The van der Waals surface area contributed by atoms with E-state index in [1.54, 1.807) is 6.08 Å². The molecule has 1 fully saturated rings. The minimum absolute atomic E-state index is 0.0854. The third kappa shape index (κ3) is 2.16. The average molecular weight is 223 g/mol. The molecule has 3 unspecified atom stereocenters. The highest BCUT2D eigenvalue weighted by molar-refractivity contribution is 6.41. The Morgan fingerprint density at radius 2 is 2.44 bits per heavy atom. The molecule has 3 atom stereocenters. The summed E-state index contributed by atoms with van der Waals surface area (Å²) in [5.74, 6) is -0.0789. The number of dihydropyridines is 1. The fourth-order valence-electron chi connectivity index (χ4n) is 2.28. The molecule has 0 spiro atoms. The van der Waals surface area contributed by atoms with Gasteiger partial charge in [0, 0.05) is 12.5 Å². The quantitative estimate of drug-likeness (QED) is 0.664. The zero-order chi connectivity index (χ0) is 11.5. The van der Waals surface area contributed by atoms with Gasteiger partial charge in [0.15, 0.2) is 0 Å². The van der Waals surface area contributed by atoms with E-state index in [0.717, 1.165) is 19.4 Å². The fourth-order valence-corrected chi connectivity index (χ4v) is 2.28. The zero-order valence-electron chi connectivity index (χ0n) is 9.68. The van der Waals surface area contributed by atoms with Crippen molar-refractivity contribution in [1.29, 1.82) is 0 Å². The van der Waals surface area contributed by atoms with E-state index in [2.05, 4.69) is 9.73 Å². The molecule has 88 valence electrons. The van der Waals surface area contributed by atoms with E-state index in [0.29, 0.717) is 5.71 Å². The van der Waals surface area contributed by atoms with Gasteiger partial charge in [-0.05, 0) is 25.8 Å². The molecule has 2 rings (SSSR count). The maximum Gasteiger partial charge on any atom is 0.356 e. The van der Waals surface area contributed by atoms with Gasteiger partial charge < -0.3 is 9.47 Å². The summed E-state index contributed by atoms with van der Waals surface area (Å²) in [4.78, 5) is 15.7. The molecule has 1 saturated heterocycles. The summed E-state index contributed by atoms with van der Waals surface area (Å²) in [6.45, 7) is 2.86. The van der Waals surface area contributed by atoms with Crippen LogP contribution in [0.1, 0.15) is 19.8 Å². The second-order valence-electron chi connectivity index (χ2n) is 4.23. The van der Waals surface area contributed by atoms with Crippen LogP contribution in [0.25, 0.3) is 0 Å². The number of methoxy groups -OCH3 is 1. The number of esters is 1. The maximum atomic E-state index is 11.3. The van der Waals surface area contributed by atoms with Crippen molar-refractivity contribution in [3.63, 3.8) is 0 Å². The first-order valence-electron chi connectivity index (χ1n) is 5.68. The number of hydrogen-bond acceptors (Lipinski definition) is 4. The SMILES string of the molecule is COC(=O)C1=NC(C)C(C2CCCO2)C=C1. The first kappa shape index (κ1) is 11.3. The lowest BCUT2D eigenvalue weighted by Gasteiger charge is -2.26. The van der Waals surface area contributed by atoms with Crippen LogP contribution in [0.3, 0.4) is 0 Å². The summed E-state index contributed by atoms with van der Waals surface area (Å²) in [5, 5.41) is 0. The van der Waals surface area contributed by atoms with Crippen molar-refractivity contribution >= 4 is 11.7 Å². The number of carbonyl (C=O) groups is 1. The van der Waals surface area contributed by atoms with Crippen molar-refractivity contribution in [1.82, 2.24) is 0 Å². The van der Waals surface area contributed by atoms with Crippen molar-refractivity contribution < 1.29 is 14.3 Å². The first-order chi connectivity index (χ1) is 7.72. The van der Waals surface area contributed by atoms with E-state index in [1.165, 1.54) is 7.11 Å². The third-order valence-electron chi connectivity index (χ3n) is 3.16. The largest absolute Gasteiger partial charge is 0.464 e. The molecule has 16 heavy (non-hydrogen) atoms. The Morgan fingerprint density at radius 1 is 1.62 bits per heavy atom. The Hall–Kier alpha value is -1.16. The van der Waals surface area contributed by atoms with Crippen LogP contribution in [0.15, 0.2) is 17.1 Å². The molecular formula is C12H17NO3. The predicted molar refractivity (Wildman–Crippen MR) is 60.5 cm³/mol. The van der Waals surface area contributed by atoms with Crippen molar-refractivity contribution in [3.05, 3.63) is 12.2 Å². The molecular weight excluding hydrogens is 206 g/mol. The van der Waals surface area contributed by atoms with Crippen LogP contribution in [0.5, 0.6) is 0 Å². The summed E-state index contributed by atoms with van der Waals surface area (Å²) in [6, 6.07) is 0.0854. The van der Waals surface area contributed by atoms with Crippen LogP contribution >= 0.6 is 0 Å². The molecule has 4 nitrogen and oxygen atoms in total. The zero-order valence-corrected chi connectivity index (χ0v) is 9.68. The molecule has 0 aromatic heterocycles. The van der Waals surface area contributed by atoms with E-state index in [1.807, 2.05) is 13.0 Å². The number of carbonyl (C=O) groups excluding carboxylic acids is 1. The van der Waals surface area contributed by atoms with Crippen LogP contribution in [-0.2, 0) is 14.3 Å². The minimum Gasteiger partial charge on any atom is -0.464 e. The molecule has 0 bridgehead atoms. The van der Waals surface area contributed by atoms with E-state index in [9.17, 15) is 4.79 Å². The Labute approximate surface area is 95.3 Å². The van der Waals surface area contributed by atoms with Crippen LogP contribution in [0.4, 0.5) is 0 Å². The molecule has 0 saturated carbocycles. The molecule has 0 aromatic rings. The Balaban J connectivity index is 2.05. The van der Waals surface area contributed by atoms with Gasteiger partial charge in [0.25, 0.3) is 0 Å².